The Kier molecular flexibility index (Phi) is 3.71. The number of anilines is 1. The maximum atomic E-state index is 12.1. The van der Waals surface area contributed by atoms with E-state index >= 15 is 0 Å². The summed E-state index contributed by atoms with van der Waals surface area (Å²) in [5.41, 5.74) is 6.99. The fraction of sp³-hybridized carbons (Fsp3) is 0.385. The maximum Gasteiger partial charge on any atom is 0.325 e. The minimum Gasteiger partial charge on any atom is -0.479 e. The van der Waals surface area contributed by atoms with Crippen LogP contribution in [0, 0.1) is 0 Å². The van der Waals surface area contributed by atoms with Crippen LogP contribution in [0.15, 0.2) is 18.2 Å². The first-order valence-electron chi connectivity index (χ1n) is 5.94. The van der Waals surface area contributed by atoms with E-state index in [1.807, 2.05) is 6.07 Å². The molecular weight excluding hydrogens is 248 g/mol. The smallest absolute Gasteiger partial charge is 0.325 e. The minimum absolute atomic E-state index is 0.135. The van der Waals surface area contributed by atoms with Crippen LogP contribution >= 0.6 is 0 Å². The highest BCUT2D eigenvalue weighted by Crippen LogP contribution is 2.34. The predicted molar refractivity (Wildman–Crippen MR) is 68.8 cm³/mol. The highest BCUT2D eigenvalue weighted by atomic mass is 16.5. The lowest BCUT2D eigenvalue weighted by molar-refractivity contribution is -0.140. The summed E-state index contributed by atoms with van der Waals surface area (Å²) < 4.78 is 10.1. The fourth-order valence-electron chi connectivity index (χ4n) is 1.94. The van der Waals surface area contributed by atoms with Gasteiger partial charge in [0.05, 0.1) is 12.8 Å². The number of hydrogen-bond acceptors (Lipinski definition) is 5. The van der Waals surface area contributed by atoms with Crippen molar-refractivity contribution < 1.29 is 19.1 Å². The molecule has 19 heavy (non-hydrogen) atoms. The molecule has 0 saturated heterocycles. The van der Waals surface area contributed by atoms with Gasteiger partial charge in [0.1, 0.15) is 12.3 Å². The van der Waals surface area contributed by atoms with Gasteiger partial charge in [-0.25, -0.2) is 0 Å². The third-order valence-corrected chi connectivity index (χ3v) is 2.98. The minimum atomic E-state index is -0.624. The largest absolute Gasteiger partial charge is 0.479 e. The van der Waals surface area contributed by atoms with E-state index in [1.165, 1.54) is 12.0 Å². The van der Waals surface area contributed by atoms with Crippen LogP contribution < -0.4 is 15.4 Å². The molecule has 1 aromatic carbocycles. The molecule has 0 aromatic heterocycles. The molecule has 1 aliphatic heterocycles. The zero-order valence-electron chi connectivity index (χ0n) is 10.9. The molecule has 2 N–H and O–H groups in total. The van der Waals surface area contributed by atoms with Crippen LogP contribution in [0.2, 0.25) is 0 Å². The Hall–Kier alpha value is -2.08. The molecule has 1 atom stereocenters. The molecule has 1 heterocycles. The van der Waals surface area contributed by atoms with E-state index in [4.69, 9.17) is 10.5 Å². The zero-order valence-corrected chi connectivity index (χ0v) is 10.9. The standard InChI is InChI=1S/C13H16N2O4/c1-8-13(17)15(7-12(16)18-2)10-5-9(6-14)3-4-11(10)19-8/h3-5,8H,6-7,14H2,1-2H3. The second-order valence-electron chi connectivity index (χ2n) is 4.27. The SMILES string of the molecule is COC(=O)CN1C(=O)C(C)Oc2ccc(CN)cc21. The van der Waals surface area contributed by atoms with Gasteiger partial charge in [0.25, 0.3) is 5.91 Å². The van der Waals surface area contributed by atoms with Crippen molar-refractivity contribution in [3.63, 3.8) is 0 Å². The number of nitrogens with zero attached hydrogens (tertiary/aromatic N) is 1. The van der Waals surface area contributed by atoms with Crippen molar-refractivity contribution in [1.82, 2.24) is 0 Å². The van der Waals surface area contributed by atoms with E-state index in [9.17, 15) is 9.59 Å². The Morgan fingerprint density at radius 1 is 1.53 bits per heavy atom. The van der Waals surface area contributed by atoms with Crippen LogP contribution in [0.5, 0.6) is 5.75 Å². The third-order valence-electron chi connectivity index (χ3n) is 2.98. The average molecular weight is 264 g/mol. The highest BCUT2D eigenvalue weighted by molar-refractivity contribution is 6.03. The summed E-state index contributed by atoms with van der Waals surface area (Å²) in [5.74, 6) is -0.188. The molecule has 0 bridgehead atoms. The molecule has 6 nitrogen and oxygen atoms in total. The van der Waals surface area contributed by atoms with Gasteiger partial charge < -0.3 is 15.2 Å². The van der Waals surface area contributed by atoms with Gasteiger partial charge in [-0.05, 0) is 24.6 Å². The molecule has 102 valence electrons. The first kappa shape index (κ1) is 13.4. The molecule has 0 aliphatic carbocycles. The number of benzene rings is 1. The number of fused-ring (bicyclic) bond motifs is 1. The Balaban J connectivity index is 2.41. The first-order valence-corrected chi connectivity index (χ1v) is 5.94. The van der Waals surface area contributed by atoms with Crippen molar-refractivity contribution >= 4 is 17.6 Å². The second-order valence-corrected chi connectivity index (χ2v) is 4.27. The average Bonchev–Trinajstić information content (AvgIpc) is 2.43. The zero-order chi connectivity index (χ0) is 14.0. The van der Waals surface area contributed by atoms with Crippen molar-refractivity contribution in [3.05, 3.63) is 23.8 Å². The summed E-state index contributed by atoms with van der Waals surface area (Å²) in [4.78, 5) is 24.9. The summed E-state index contributed by atoms with van der Waals surface area (Å²) in [6.07, 6.45) is -0.624. The molecule has 0 radical (unpaired) electrons. The van der Waals surface area contributed by atoms with E-state index < -0.39 is 12.1 Å². The van der Waals surface area contributed by atoms with E-state index in [1.54, 1.807) is 19.1 Å². The summed E-state index contributed by atoms with van der Waals surface area (Å²) in [5, 5.41) is 0. The number of carbonyl (C=O) groups excluding carboxylic acids is 2. The number of rotatable bonds is 3. The van der Waals surface area contributed by atoms with E-state index in [0.29, 0.717) is 18.0 Å². The highest BCUT2D eigenvalue weighted by Gasteiger charge is 2.33. The molecule has 0 saturated carbocycles. The van der Waals surface area contributed by atoms with Crippen LogP contribution in [0.25, 0.3) is 0 Å². The van der Waals surface area contributed by atoms with E-state index in [2.05, 4.69) is 4.74 Å². The van der Waals surface area contributed by atoms with Gasteiger partial charge in [-0.2, -0.15) is 0 Å². The molecule has 1 amide bonds. The van der Waals surface area contributed by atoms with Gasteiger partial charge in [0.15, 0.2) is 6.10 Å². The molecule has 1 aromatic rings. The van der Waals surface area contributed by atoms with Crippen molar-refractivity contribution in [2.75, 3.05) is 18.6 Å². The van der Waals surface area contributed by atoms with Gasteiger partial charge in [-0.3, -0.25) is 14.5 Å². The molecule has 0 fully saturated rings. The number of nitrogens with two attached hydrogens (primary N) is 1. The van der Waals surface area contributed by atoms with Crippen molar-refractivity contribution in [2.45, 2.75) is 19.6 Å². The first-order chi connectivity index (χ1) is 9.06. The summed E-state index contributed by atoms with van der Waals surface area (Å²) in [6, 6.07) is 5.34. The number of hydrogen-bond donors (Lipinski definition) is 1. The molecule has 1 aliphatic rings. The quantitative estimate of drug-likeness (QED) is 0.801. The molecule has 1 unspecified atom stereocenters. The maximum absolute atomic E-state index is 12.1. The second kappa shape index (κ2) is 5.27. The van der Waals surface area contributed by atoms with Crippen LogP contribution in [0.1, 0.15) is 12.5 Å². The number of amides is 1. The number of methoxy groups -OCH3 is 1. The Morgan fingerprint density at radius 2 is 2.26 bits per heavy atom. The predicted octanol–water partition coefficient (Wildman–Crippen LogP) is 0.432. The summed E-state index contributed by atoms with van der Waals surface area (Å²) >= 11 is 0. The lowest BCUT2D eigenvalue weighted by Crippen LogP contribution is -2.47. The number of ether oxygens (including phenoxy) is 2. The van der Waals surface area contributed by atoms with Crippen molar-refractivity contribution in [2.24, 2.45) is 5.73 Å². The molecular formula is C13H16N2O4. The normalized spacial score (nSPS) is 17.7. The lowest BCUT2D eigenvalue weighted by atomic mass is 10.1. The Labute approximate surface area is 111 Å². The lowest BCUT2D eigenvalue weighted by Gasteiger charge is -2.32. The van der Waals surface area contributed by atoms with Crippen molar-refractivity contribution in [3.8, 4) is 5.75 Å². The monoisotopic (exact) mass is 264 g/mol. The number of esters is 1. The van der Waals surface area contributed by atoms with Gasteiger partial charge in [0.2, 0.25) is 0 Å². The number of carbonyl (C=O) groups is 2. The van der Waals surface area contributed by atoms with Gasteiger partial charge >= 0.3 is 5.97 Å². The van der Waals surface area contributed by atoms with Crippen LogP contribution in [0.4, 0.5) is 5.69 Å². The van der Waals surface area contributed by atoms with Crippen LogP contribution in [-0.2, 0) is 20.9 Å². The van der Waals surface area contributed by atoms with Gasteiger partial charge in [0, 0.05) is 6.54 Å². The van der Waals surface area contributed by atoms with E-state index in [-0.39, 0.29) is 12.5 Å². The van der Waals surface area contributed by atoms with Gasteiger partial charge in [-0.1, -0.05) is 6.07 Å². The third kappa shape index (κ3) is 2.53. The molecule has 2 rings (SSSR count). The van der Waals surface area contributed by atoms with Crippen LogP contribution in [0.3, 0.4) is 0 Å². The topological polar surface area (TPSA) is 81.9 Å². The molecule has 6 heteroatoms. The Morgan fingerprint density at radius 3 is 2.89 bits per heavy atom. The summed E-state index contributed by atoms with van der Waals surface area (Å²) in [7, 11) is 1.29. The van der Waals surface area contributed by atoms with Gasteiger partial charge in [-0.15, -0.1) is 0 Å². The van der Waals surface area contributed by atoms with Crippen molar-refractivity contribution in [1.29, 1.82) is 0 Å². The van der Waals surface area contributed by atoms with E-state index in [0.717, 1.165) is 5.56 Å². The summed E-state index contributed by atoms with van der Waals surface area (Å²) in [6.45, 7) is 1.86. The van der Waals surface area contributed by atoms with Crippen LogP contribution in [-0.4, -0.2) is 31.6 Å². The molecule has 0 spiro atoms. The fourth-order valence-corrected chi connectivity index (χ4v) is 1.94. The Bertz CT molecular complexity index is 515.